The molecule has 0 aromatic heterocycles. The lowest BCUT2D eigenvalue weighted by Crippen LogP contribution is -2.52. The second kappa shape index (κ2) is 10.2. The zero-order valence-corrected chi connectivity index (χ0v) is 16.1. The quantitative estimate of drug-likeness (QED) is 0.392. The van der Waals surface area contributed by atoms with Gasteiger partial charge < -0.3 is 15.0 Å². The molecule has 1 aliphatic carbocycles. The number of rotatable bonds is 9. The van der Waals surface area contributed by atoms with Crippen LogP contribution in [0.3, 0.4) is 0 Å². The summed E-state index contributed by atoms with van der Waals surface area (Å²) in [6, 6.07) is -0.739. The molecule has 2 atom stereocenters. The molecule has 0 heterocycles. The first kappa shape index (κ1) is 21.2. The van der Waals surface area contributed by atoms with Crippen LogP contribution in [-0.2, 0) is 19.1 Å². The standard InChI is InChI=1S/C19H32N2O4/c1-6-25-19(24)14(4)11-16(13(2)3)21(5)18(23)17(20-12-22)15-9-7-8-10-15/h11-13,15-17H,6-10H2,1-5H3,(H,20,22)/b14-11+/t16-,17-/m1/s1. The fourth-order valence-electron chi connectivity index (χ4n) is 3.46. The van der Waals surface area contributed by atoms with Crippen LogP contribution >= 0.6 is 0 Å². The number of carbonyl (C=O) groups is 3. The molecule has 142 valence electrons. The summed E-state index contributed by atoms with van der Waals surface area (Å²) in [5.74, 6) is -0.167. The van der Waals surface area contributed by atoms with Gasteiger partial charge in [0, 0.05) is 12.6 Å². The molecule has 1 rings (SSSR count). The minimum atomic E-state index is -0.498. The summed E-state index contributed by atoms with van der Waals surface area (Å²) in [6.07, 6.45) is 6.48. The highest BCUT2D eigenvalue weighted by atomic mass is 16.5. The number of likely N-dealkylation sites (N-methyl/N-ethyl adjacent to an activating group) is 1. The number of ether oxygens (including phenoxy) is 1. The monoisotopic (exact) mass is 352 g/mol. The zero-order valence-electron chi connectivity index (χ0n) is 16.1. The van der Waals surface area contributed by atoms with Gasteiger partial charge in [0.1, 0.15) is 6.04 Å². The van der Waals surface area contributed by atoms with Crippen molar-refractivity contribution in [1.29, 1.82) is 0 Å². The first-order valence-corrected chi connectivity index (χ1v) is 9.15. The fraction of sp³-hybridized carbons (Fsp3) is 0.737. The van der Waals surface area contributed by atoms with Gasteiger partial charge in [0.2, 0.25) is 12.3 Å². The summed E-state index contributed by atoms with van der Waals surface area (Å²) in [6.45, 7) is 7.78. The van der Waals surface area contributed by atoms with Gasteiger partial charge >= 0.3 is 5.97 Å². The third-order valence-corrected chi connectivity index (χ3v) is 4.88. The Morgan fingerprint density at radius 3 is 2.36 bits per heavy atom. The fourth-order valence-corrected chi connectivity index (χ4v) is 3.46. The van der Waals surface area contributed by atoms with Crippen LogP contribution in [0.4, 0.5) is 0 Å². The number of amides is 2. The number of nitrogens with one attached hydrogen (secondary N) is 1. The van der Waals surface area contributed by atoms with Gasteiger partial charge in [-0.3, -0.25) is 9.59 Å². The molecule has 6 nitrogen and oxygen atoms in total. The lowest BCUT2D eigenvalue weighted by molar-refractivity contribution is -0.139. The molecule has 0 aromatic carbocycles. The maximum Gasteiger partial charge on any atom is 0.333 e. The smallest absolute Gasteiger partial charge is 0.333 e. The molecule has 25 heavy (non-hydrogen) atoms. The Balaban J connectivity index is 2.97. The molecule has 0 saturated heterocycles. The van der Waals surface area contributed by atoms with Gasteiger partial charge in [-0.1, -0.05) is 32.8 Å². The van der Waals surface area contributed by atoms with Crippen LogP contribution in [0.2, 0.25) is 0 Å². The molecule has 0 bridgehead atoms. The second-order valence-electron chi connectivity index (χ2n) is 7.06. The van der Waals surface area contributed by atoms with E-state index in [4.69, 9.17) is 4.74 Å². The minimum Gasteiger partial charge on any atom is -0.463 e. The highest BCUT2D eigenvalue weighted by Crippen LogP contribution is 2.29. The molecule has 1 aliphatic rings. The molecule has 0 aromatic rings. The molecule has 1 N–H and O–H groups in total. The largest absolute Gasteiger partial charge is 0.463 e. The van der Waals surface area contributed by atoms with Gasteiger partial charge in [-0.05, 0) is 38.5 Å². The Kier molecular flexibility index (Phi) is 8.66. The zero-order chi connectivity index (χ0) is 19.0. The highest BCUT2D eigenvalue weighted by molar-refractivity contribution is 5.88. The maximum absolute atomic E-state index is 13.0. The predicted molar refractivity (Wildman–Crippen MR) is 96.7 cm³/mol. The van der Waals surface area contributed by atoms with Crippen LogP contribution < -0.4 is 5.32 Å². The van der Waals surface area contributed by atoms with Gasteiger partial charge in [-0.15, -0.1) is 0 Å². The van der Waals surface area contributed by atoms with Crippen LogP contribution in [0, 0.1) is 11.8 Å². The van der Waals surface area contributed by atoms with E-state index in [1.54, 1.807) is 31.9 Å². The van der Waals surface area contributed by atoms with Crippen molar-refractivity contribution in [2.75, 3.05) is 13.7 Å². The second-order valence-corrected chi connectivity index (χ2v) is 7.06. The Hall–Kier alpha value is -1.85. The molecule has 2 amide bonds. The van der Waals surface area contributed by atoms with Crippen molar-refractivity contribution in [2.45, 2.75) is 65.5 Å². The Morgan fingerprint density at radius 1 is 1.28 bits per heavy atom. The number of nitrogens with zero attached hydrogens (tertiary/aromatic N) is 1. The van der Waals surface area contributed by atoms with Gasteiger partial charge in [0.05, 0.1) is 12.6 Å². The lowest BCUT2D eigenvalue weighted by Gasteiger charge is -2.34. The average molecular weight is 352 g/mol. The molecule has 0 aliphatic heterocycles. The van der Waals surface area contributed by atoms with E-state index in [2.05, 4.69) is 5.32 Å². The van der Waals surface area contributed by atoms with Gasteiger partial charge in [-0.25, -0.2) is 4.79 Å². The molecule has 6 heteroatoms. The topological polar surface area (TPSA) is 75.7 Å². The minimum absolute atomic E-state index is 0.106. The van der Waals surface area contributed by atoms with E-state index in [9.17, 15) is 14.4 Å². The first-order valence-electron chi connectivity index (χ1n) is 9.15. The summed E-state index contributed by atoms with van der Waals surface area (Å²) in [7, 11) is 1.73. The van der Waals surface area contributed by atoms with Crippen molar-refractivity contribution in [3.05, 3.63) is 11.6 Å². The molecule has 1 saturated carbocycles. The van der Waals surface area contributed by atoms with E-state index in [-0.39, 0.29) is 29.8 Å². The molecular formula is C19H32N2O4. The van der Waals surface area contributed by atoms with E-state index in [0.717, 1.165) is 25.7 Å². The van der Waals surface area contributed by atoms with E-state index < -0.39 is 6.04 Å². The number of esters is 1. The SMILES string of the molecule is CCOC(=O)/C(C)=C/[C@H](C(C)C)N(C)C(=O)[C@H](NC=O)C1CCCC1. The molecule has 0 unspecified atom stereocenters. The number of hydrogen-bond acceptors (Lipinski definition) is 4. The first-order chi connectivity index (χ1) is 11.8. The lowest BCUT2D eigenvalue weighted by atomic mass is 9.94. The van der Waals surface area contributed by atoms with Crippen LogP contribution in [0.25, 0.3) is 0 Å². The van der Waals surface area contributed by atoms with Gasteiger partial charge in [0.25, 0.3) is 0 Å². The summed E-state index contributed by atoms with van der Waals surface area (Å²) >= 11 is 0. The molecular weight excluding hydrogens is 320 g/mol. The van der Waals surface area contributed by atoms with Gasteiger partial charge in [0.15, 0.2) is 0 Å². The summed E-state index contributed by atoms with van der Waals surface area (Å²) < 4.78 is 5.02. The highest BCUT2D eigenvalue weighted by Gasteiger charge is 2.34. The molecule has 1 fully saturated rings. The van der Waals surface area contributed by atoms with Crippen molar-refractivity contribution in [3.63, 3.8) is 0 Å². The number of hydrogen-bond donors (Lipinski definition) is 1. The third-order valence-electron chi connectivity index (χ3n) is 4.88. The summed E-state index contributed by atoms with van der Waals surface area (Å²) in [4.78, 5) is 37.5. The number of carbonyl (C=O) groups excluding carboxylic acids is 3. The van der Waals surface area contributed by atoms with E-state index in [1.165, 1.54) is 0 Å². The third kappa shape index (κ3) is 5.87. The Morgan fingerprint density at radius 2 is 1.88 bits per heavy atom. The van der Waals surface area contributed by atoms with E-state index in [1.807, 2.05) is 13.8 Å². The van der Waals surface area contributed by atoms with Crippen molar-refractivity contribution < 1.29 is 19.1 Å². The Bertz CT molecular complexity index is 496. The van der Waals surface area contributed by atoms with Crippen molar-refractivity contribution in [3.8, 4) is 0 Å². The van der Waals surface area contributed by atoms with Crippen LogP contribution in [0.15, 0.2) is 11.6 Å². The van der Waals surface area contributed by atoms with Crippen molar-refractivity contribution in [1.82, 2.24) is 10.2 Å². The van der Waals surface area contributed by atoms with Crippen molar-refractivity contribution >= 4 is 18.3 Å². The maximum atomic E-state index is 13.0. The van der Waals surface area contributed by atoms with Crippen LogP contribution in [0.1, 0.15) is 53.4 Å². The van der Waals surface area contributed by atoms with Gasteiger partial charge in [-0.2, -0.15) is 0 Å². The predicted octanol–water partition coefficient (Wildman–Crippen LogP) is 2.28. The normalized spacial score (nSPS) is 17.9. The van der Waals surface area contributed by atoms with E-state index >= 15 is 0 Å². The summed E-state index contributed by atoms with van der Waals surface area (Å²) in [5, 5.41) is 2.71. The van der Waals surface area contributed by atoms with E-state index in [0.29, 0.717) is 18.6 Å². The van der Waals surface area contributed by atoms with Crippen LogP contribution in [-0.4, -0.2) is 48.9 Å². The van der Waals surface area contributed by atoms with Crippen molar-refractivity contribution in [2.24, 2.45) is 11.8 Å². The molecule has 0 radical (unpaired) electrons. The Labute approximate surface area is 151 Å². The summed E-state index contributed by atoms with van der Waals surface area (Å²) in [5.41, 5.74) is 0.487. The average Bonchev–Trinajstić information content (AvgIpc) is 3.10. The molecule has 0 spiro atoms. The van der Waals surface area contributed by atoms with Crippen LogP contribution in [0.5, 0.6) is 0 Å².